The van der Waals surface area contributed by atoms with Crippen LogP contribution < -0.4 is 0 Å². The fourth-order valence-electron chi connectivity index (χ4n) is 1.60. The molecule has 1 unspecified atom stereocenters. The Morgan fingerprint density at radius 3 is 2.76 bits per heavy atom. The maximum absolute atomic E-state index is 13.3. The third kappa shape index (κ3) is 3.88. The van der Waals surface area contributed by atoms with Crippen LogP contribution in [0.2, 0.25) is 0 Å². The fraction of sp³-hybridized carbons (Fsp3) is 0.455. The number of nitro groups is 1. The van der Waals surface area contributed by atoms with Crippen molar-refractivity contribution in [2.75, 3.05) is 0 Å². The third-order valence-electron chi connectivity index (χ3n) is 2.40. The zero-order chi connectivity index (χ0) is 13.0. The highest BCUT2D eigenvalue weighted by Gasteiger charge is 2.19. The van der Waals surface area contributed by atoms with Crippen LogP contribution in [0.1, 0.15) is 25.3 Å². The van der Waals surface area contributed by atoms with E-state index in [-0.39, 0.29) is 21.2 Å². The van der Waals surface area contributed by atoms with Gasteiger partial charge in [-0.05, 0) is 35.1 Å². The van der Waals surface area contributed by atoms with Crippen molar-refractivity contribution in [2.45, 2.75) is 32.3 Å². The highest BCUT2D eigenvalue weighted by atomic mass is 127. The van der Waals surface area contributed by atoms with E-state index in [0.717, 1.165) is 12.5 Å². The smallest absolute Gasteiger partial charge is 0.273 e. The molecule has 1 rings (SSSR count). The lowest BCUT2D eigenvalue weighted by Crippen LogP contribution is -2.11. The van der Waals surface area contributed by atoms with E-state index < -0.39 is 16.8 Å². The minimum absolute atomic E-state index is 0.109. The summed E-state index contributed by atoms with van der Waals surface area (Å²) in [5.41, 5.74) is 0.111. The Labute approximate surface area is 112 Å². The van der Waals surface area contributed by atoms with Crippen LogP contribution in [-0.4, -0.2) is 16.1 Å². The molecule has 0 spiro atoms. The molecule has 0 aliphatic rings. The van der Waals surface area contributed by atoms with Crippen LogP contribution in [0.4, 0.5) is 10.1 Å². The van der Waals surface area contributed by atoms with E-state index in [1.165, 1.54) is 6.07 Å². The predicted molar refractivity (Wildman–Crippen MR) is 70.4 cm³/mol. The molecule has 0 aromatic heterocycles. The maximum Gasteiger partial charge on any atom is 0.273 e. The first-order valence-corrected chi connectivity index (χ1v) is 6.34. The number of aliphatic hydroxyl groups excluding tert-OH is 1. The largest absolute Gasteiger partial charge is 0.393 e. The monoisotopic (exact) mass is 353 g/mol. The van der Waals surface area contributed by atoms with Gasteiger partial charge in [0.15, 0.2) is 0 Å². The zero-order valence-electron chi connectivity index (χ0n) is 9.32. The molecule has 0 aliphatic heterocycles. The van der Waals surface area contributed by atoms with Gasteiger partial charge in [0.25, 0.3) is 5.69 Å². The fourth-order valence-corrected chi connectivity index (χ4v) is 2.05. The van der Waals surface area contributed by atoms with E-state index in [4.69, 9.17) is 0 Å². The number of benzene rings is 1. The number of aliphatic hydroxyl groups is 1. The summed E-state index contributed by atoms with van der Waals surface area (Å²) in [7, 11) is 0. The molecule has 0 saturated heterocycles. The van der Waals surface area contributed by atoms with Crippen molar-refractivity contribution in [3.63, 3.8) is 0 Å². The maximum atomic E-state index is 13.3. The normalized spacial score (nSPS) is 12.5. The van der Waals surface area contributed by atoms with Gasteiger partial charge in [0.1, 0.15) is 5.82 Å². The second-order valence-electron chi connectivity index (χ2n) is 3.80. The van der Waals surface area contributed by atoms with Crippen molar-refractivity contribution >= 4 is 28.3 Å². The molecule has 17 heavy (non-hydrogen) atoms. The van der Waals surface area contributed by atoms with Gasteiger partial charge in [-0.15, -0.1) is 0 Å². The van der Waals surface area contributed by atoms with Gasteiger partial charge in [0.2, 0.25) is 0 Å². The van der Waals surface area contributed by atoms with Crippen LogP contribution in [0.15, 0.2) is 12.1 Å². The van der Waals surface area contributed by atoms with Gasteiger partial charge in [-0.1, -0.05) is 13.3 Å². The van der Waals surface area contributed by atoms with Gasteiger partial charge in [-0.3, -0.25) is 10.1 Å². The first kappa shape index (κ1) is 14.3. The summed E-state index contributed by atoms with van der Waals surface area (Å²) in [6.45, 7) is 1.91. The molecular formula is C11H13FINO3. The highest BCUT2D eigenvalue weighted by Crippen LogP contribution is 2.25. The van der Waals surface area contributed by atoms with Gasteiger partial charge >= 0.3 is 0 Å². The second kappa shape index (κ2) is 6.25. The van der Waals surface area contributed by atoms with Gasteiger partial charge in [-0.25, -0.2) is 4.39 Å². The Hall–Kier alpha value is -0.760. The number of hydrogen-bond donors (Lipinski definition) is 1. The average molecular weight is 353 g/mol. The first-order valence-electron chi connectivity index (χ1n) is 5.26. The summed E-state index contributed by atoms with van der Waals surface area (Å²) in [6, 6.07) is 2.34. The molecule has 0 heterocycles. The van der Waals surface area contributed by atoms with Crippen molar-refractivity contribution in [1.82, 2.24) is 0 Å². The quantitative estimate of drug-likeness (QED) is 0.503. The molecule has 0 bridgehead atoms. The zero-order valence-corrected chi connectivity index (χ0v) is 11.5. The van der Waals surface area contributed by atoms with Crippen LogP contribution in [0.25, 0.3) is 0 Å². The predicted octanol–water partition coefficient (Wildman–Crippen LogP) is 3.04. The molecule has 0 amide bonds. The number of nitrogens with zero attached hydrogens (tertiary/aromatic N) is 1. The lowest BCUT2D eigenvalue weighted by atomic mass is 10.0. The van der Waals surface area contributed by atoms with Crippen LogP contribution in [0.5, 0.6) is 0 Å². The van der Waals surface area contributed by atoms with E-state index >= 15 is 0 Å². The molecule has 94 valence electrons. The van der Waals surface area contributed by atoms with Gasteiger partial charge in [-0.2, -0.15) is 0 Å². The summed E-state index contributed by atoms with van der Waals surface area (Å²) >= 11 is 1.71. The summed E-state index contributed by atoms with van der Waals surface area (Å²) < 4.78 is 13.6. The Morgan fingerprint density at radius 2 is 2.24 bits per heavy atom. The lowest BCUT2D eigenvalue weighted by Gasteiger charge is -2.10. The Kier molecular flexibility index (Phi) is 5.26. The highest BCUT2D eigenvalue weighted by molar-refractivity contribution is 14.1. The summed E-state index contributed by atoms with van der Waals surface area (Å²) in [5.74, 6) is -0.491. The van der Waals surface area contributed by atoms with Crippen LogP contribution in [-0.2, 0) is 6.42 Å². The third-order valence-corrected chi connectivity index (χ3v) is 3.22. The van der Waals surface area contributed by atoms with Crippen LogP contribution in [0.3, 0.4) is 0 Å². The van der Waals surface area contributed by atoms with Crippen molar-refractivity contribution in [1.29, 1.82) is 0 Å². The molecule has 0 fully saturated rings. The molecule has 4 nitrogen and oxygen atoms in total. The van der Waals surface area contributed by atoms with Gasteiger partial charge < -0.3 is 5.11 Å². The SMILES string of the molecule is CCCC(O)Cc1cc(F)c(I)cc1[N+](=O)[O-]. The van der Waals surface area contributed by atoms with Crippen LogP contribution in [0, 0.1) is 19.5 Å². The molecule has 1 atom stereocenters. The second-order valence-corrected chi connectivity index (χ2v) is 4.96. The first-order chi connectivity index (χ1) is 7.95. The Bertz CT molecular complexity index is 425. The van der Waals surface area contributed by atoms with Crippen molar-refractivity contribution in [2.24, 2.45) is 0 Å². The minimum Gasteiger partial charge on any atom is -0.393 e. The average Bonchev–Trinajstić information content (AvgIpc) is 2.23. The van der Waals surface area contributed by atoms with E-state index in [2.05, 4.69) is 0 Å². The number of halogens is 2. The van der Waals surface area contributed by atoms with Crippen molar-refractivity contribution in [3.8, 4) is 0 Å². The molecule has 0 saturated carbocycles. The van der Waals surface area contributed by atoms with Crippen molar-refractivity contribution < 1.29 is 14.4 Å². The van der Waals surface area contributed by atoms with Gasteiger partial charge in [0.05, 0.1) is 14.6 Å². The van der Waals surface area contributed by atoms with E-state index in [1.54, 1.807) is 22.6 Å². The summed E-state index contributed by atoms with van der Waals surface area (Å²) in [5, 5.41) is 20.4. The Balaban J connectivity index is 3.04. The Morgan fingerprint density at radius 1 is 1.59 bits per heavy atom. The van der Waals surface area contributed by atoms with Gasteiger partial charge in [0, 0.05) is 18.1 Å². The topological polar surface area (TPSA) is 63.4 Å². The van der Waals surface area contributed by atoms with E-state index in [0.29, 0.717) is 6.42 Å². The van der Waals surface area contributed by atoms with Crippen LogP contribution >= 0.6 is 22.6 Å². The summed E-state index contributed by atoms with van der Waals surface area (Å²) in [4.78, 5) is 10.3. The number of hydrogen-bond acceptors (Lipinski definition) is 3. The molecule has 0 aliphatic carbocycles. The minimum atomic E-state index is -0.668. The summed E-state index contributed by atoms with van der Waals surface area (Å²) in [6.07, 6.45) is 0.767. The van der Waals surface area contributed by atoms with E-state index in [9.17, 15) is 19.6 Å². The molecular weight excluding hydrogens is 340 g/mol. The standard InChI is InChI=1S/C11H13FINO3/c1-2-3-8(15)4-7-5-9(12)10(13)6-11(7)14(16)17/h5-6,8,15H,2-4H2,1H3. The molecule has 0 radical (unpaired) electrons. The molecule has 1 aromatic rings. The number of nitro benzene ring substituents is 1. The molecule has 1 N–H and O–H groups in total. The molecule has 1 aromatic carbocycles. The van der Waals surface area contributed by atoms with E-state index in [1.807, 2.05) is 6.92 Å². The lowest BCUT2D eigenvalue weighted by molar-refractivity contribution is -0.385. The van der Waals surface area contributed by atoms with Crippen molar-refractivity contribution in [3.05, 3.63) is 37.2 Å². The number of rotatable bonds is 5. The molecule has 6 heteroatoms.